The Morgan fingerprint density at radius 2 is 2.20 bits per heavy atom. The van der Waals surface area contributed by atoms with Gasteiger partial charge in [0, 0.05) is 31.9 Å². The third kappa shape index (κ3) is 3.01. The number of nitrogens with zero attached hydrogens (tertiary/aromatic N) is 2. The summed E-state index contributed by atoms with van der Waals surface area (Å²) in [5.74, 6) is 0. The molecular weight excluding hydrogens is 278 g/mol. The lowest BCUT2D eigenvalue weighted by Crippen LogP contribution is -2.45. The molecule has 1 fully saturated rings. The normalized spacial score (nSPS) is 16.4. The maximum Gasteiger partial charge on any atom is 0.245 e. The number of rotatable bonds is 7. The molecule has 0 radical (unpaired) electrons. The van der Waals surface area contributed by atoms with Crippen LogP contribution < -0.4 is 5.73 Å². The first kappa shape index (κ1) is 15.4. The van der Waals surface area contributed by atoms with E-state index in [1.807, 2.05) is 0 Å². The molecule has 0 saturated heterocycles. The Hall–Kier alpha value is -1.02. The fourth-order valence-corrected chi connectivity index (χ4v) is 4.25. The van der Waals surface area contributed by atoms with Crippen LogP contribution >= 0.6 is 0 Å². The van der Waals surface area contributed by atoms with Crippen LogP contribution in [0.5, 0.6) is 0 Å². The summed E-state index contributed by atoms with van der Waals surface area (Å²) in [6.07, 6.45) is 4.79. The zero-order valence-electron chi connectivity index (χ0n) is 11.4. The van der Waals surface area contributed by atoms with Gasteiger partial charge in [-0.05, 0) is 31.4 Å². The molecule has 0 bridgehead atoms. The van der Waals surface area contributed by atoms with E-state index in [0.29, 0.717) is 18.7 Å². The van der Waals surface area contributed by atoms with Gasteiger partial charge in [-0.2, -0.15) is 4.31 Å². The summed E-state index contributed by atoms with van der Waals surface area (Å²) in [7, 11) is -3.60. The van der Waals surface area contributed by atoms with Gasteiger partial charge in [0.05, 0.1) is 5.69 Å². The van der Waals surface area contributed by atoms with E-state index in [2.05, 4.69) is 4.98 Å². The molecule has 1 aliphatic carbocycles. The molecule has 112 valence electrons. The maximum absolute atomic E-state index is 12.8. The molecule has 1 aliphatic rings. The molecule has 1 aromatic heterocycles. The fourth-order valence-electron chi connectivity index (χ4n) is 2.34. The number of pyridine rings is 1. The van der Waals surface area contributed by atoms with Crippen molar-refractivity contribution in [1.29, 1.82) is 0 Å². The molecule has 3 N–H and O–H groups in total. The van der Waals surface area contributed by atoms with Gasteiger partial charge in [-0.15, -0.1) is 0 Å². The average Bonchev–Trinajstić information content (AvgIpc) is 2.41. The molecule has 1 saturated carbocycles. The van der Waals surface area contributed by atoms with Crippen molar-refractivity contribution in [3.05, 3.63) is 24.0 Å². The minimum atomic E-state index is -3.60. The van der Waals surface area contributed by atoms with Gasteiger partial charge in [0.15, 0.2) is 0 Å². The van der Waals surface area contributed by atoms with Crippen LogP contribution in [0.1, 0.15) is 31.4 Å². The minimum absolute atomic E-state index is 0.0183. The van der Waals surface area contributed by atoms with Crippen molar-refractivity contribution in [1.82, 2.24) is 9.29 Å². The third-order valence-electron chi connectivity index (χ3n) is 3.65. The van der Waals surface area contributed by atoms with Crippen molar-refractivity contribution in [3.8, 4) is 0 Å². The first-order valence-electron chi connectivity index (χ1n) is 6.88. The van der Waals surface area contributed by atoms with Crippen LogP contribution in [0, 0.1) is 0 Å². The lowest BCUT2D eigenvalue weighted by atomic mass is 9.93. The summed E-state index contributed by atoms with van der Waals surface area (Å²) in [6.45, 7) is 0.409. The molecule has 0 atom stereocenters. The molecule has 0 spiro atoms. The van der Waals surface area contributed by atoms with E-state index in [4.69, 9.17) is 10.8 Å². The van der Waals surface area contributed by atoms with Crippen molar-refractivity contribution < 1.29 is 13.5 Å². The van der Waals surface area contributed by atoms with E-state index in [-0.39, 0.29) is 24.1 Å². The van der Waals surface area contributed by atoms with Crippen molar-refractivity contribution in [3.63, 3.8) is 0 Å². The Kier molecular flexibility index (Phi) is 5.09. The highest BCUT2D eigenvalue weighted by molar-refractivity contribution is 7.89. The fraction of sp³-hybridized carbons (Fsp3) is 0.615. The lowest BCUT2D eigenvalue weighted by Gasteiger charge is -2.36. The number of aliphatic hydroxyl groups is 1. The van der Waals surface area contributed by atoms with Crippen molar-refractivity contribution >= 4 is 10.0 Å². The largest absolute Gasteiger partial charge is 0.396 e. The summed E-state index contributed by atoms with van der Waals surface area (Å²) in [5, 5.41) is 8.97. The van der Waals surface area contributed by atoms with Crippen molar-refractivity contribution in [2.75, 3.05) is 13.2 Å². The summed E-state index contributed by atoms with van der Waals surface area (Å²) >= 11 is 0. The maximum atomic E-state index is 12.8. The van der Waals surface area contributed by atoms with E-state index >= 15 is 0 Å². The van der Waals surface area contributed by atoms with E-state index in [0.717, 1.165) is 19.3 Å². The third-order valence-corrected chi connectivity index (χ3v) is 5.67. The summed E-state index contributed by atoms with van der Waals surface area (Å²) in [6, 6.07) is 3.20. The summed E-state index contributed by atoms with van der Waals surface area (Å²) < 4.78 is 27.1. The van der Waals surface area contributed by atoms with E-state index in [9.17, 15) is 8.42 Å². The SMILES string of the molecule is NCc1ncccc1S(=O)(=O)N(CCCO)C1CCC1. The Bertz CT molecular complexity index is 544. The molecular formula is C13H21N3O3S. The molecule has 0 amide bonds. The monoisotopic (exact) mass is 299 g/mol. The Labute approximate surface area is 119 Å². The molecule has 1 aromatic rings. The number of hydrogen-bond donors (Lipinski definition) is 2. The van der Waals surface area contributed by atoms with E-state index in [1.54, 1.807) is 18.3 Å². The molecule has 2 rings (SSSR count). The second kappa shape index (κ2) is 6.62. The molecule has 6 nitrogen and oxygen atoms in total. The number of sulfonamides is 1. The van der Waals surface area contributed by atoms with Gasteiger partial charge in [-0.1, -0.05) is 6.42 Å². The predicted molar refractivity (Wildman–Crippen MR) is 75.4 cm³/mol. The second-order valence-corrected chi connectivity index (χ2v) is 6.79. The first-order valence-corrected chi connectivity index (χ1v) is 8.32. The predicted octanol–water partition coefficient (Wildman–Crippen LogP) is 0.466. The van der Waals surface area contributed by atoms with Crippen molar-refractivity contribution in [2.24, 2.45) is 5.73 Å². The van der Waals surface area contributed by atoms with Crippen LogP contribution in [0.3, 0.4) is 0 Å². The minimum Gasteiger partial charge on any atom is -0.396 e. The number of hydrogen-bond acceptors (Lipinski definition) is 5. The van der Waals surface area contributed by atoms with Crippen LogP contribution in [-0.4, -0.2) is 42.0 Å². The zero-order chi connectivity index (χ0) is 14.6. The van der Waals surface area contributed by atoms with Crippen LogP contribution in [0.15, 0.2) is 23.2 Å². The molecule has 1 heterocycles. The molecule has 0 unspecified atom stereocenters. The second-order valence-electron chi connectivity index (χ2n) is 4.93. The zero-order valence-corrected chi connectivity index (χ0v) is 12.2. The molecule has 0 aromatic carbocycles. The lowest BCUT2D eigenvalue weighted by molar-refractivity contribution is 0.198. The Morgan fingerprint density at radius 1 is 1.45 bits per heavy atom. The van der Waals surface area contributed by atoms with Gasteiger partial charge in [-0.25, -0.2) is 8.42 Å². The number of aromatic nitrogens is 1. The standard InChI is InChI=1S/C13H21N3O3S/c14-10-12-13(6-2-7-15-12)20(18,19)16(8-3-9-17)11-4-1-5-11/h2,6-7,11,17H,1,3-5,8-10,14H2. The highest BCUT2D eigenvalue weighted by Crippen LogP contribution is 2.30. The molecule has 20 heavy (non-hydrogen) atoms. The highest BCUT2D eigenvalue weighted by atomic mass is 32.2. The molecule has 0 aliphatic heterocycles. The smallest absolute Gasteiger partial charge is 0.245 e. The van der Waals surface area contributed by atoms with Crippen LogP contribution in [-0.2, 0) is 16.6 Å². The first-order chi connectivity index (χ1) is 9.61. The van der Waals surface area contributed by atoms with Gasteiger partial charge in [0.1, 0.15) is 4.90 Å². The quantitative estimate of drug-likeness (QED) is 0.762. The van der Waals surface area contributed by atoms with Gasteiger partial charge < -0.3 is 10.8 Å². The van der Waals surface area contributed by atoms with Gasteiger partial charge in [-0.3, -0.25) is 4.98 Å². The number of nitrogens with two attached hydrogens (primary N) is 1. The van der Waals surface area contributed by atoms with Crippen LogP contribution in [0.25, 0.3) is 0 Å². The van der Waals surface area contributed by atoms with E-state index < -0.39 is 10.0 Å². The summed E-state index contributed by atoms with van der Waals surface area (Å²) in [5.41, 5.74) is 5.97. The van der Waals surface area contributed by atoms with E-state index in [1.165, 1.54) is 4.31 Å². The summed E-state index contributed by atoms with van der Waals surface area (Å²) in [4.78, 5) is 4.24. The van der Waals surface area contributed by atoms with Gasteiger partial charge in [0.2, 0.25) is 10.0 Å². The van der Waals surface area contributed by atoms with Crippen LogP contribution in [0.2, 0.25) is 0 Å². The van der Waals surface area contributed by atoms with Crippen molar-refractivity contribution in [2.45, 2.75) is 43.2 Å². The highest BCUT2D eigenvalue weighted by Gasteiger charge is 2.35. The molecule has 7 heteroatoms. The topological polar surface area (TPSA) is 96.5 Å². The van der Waals surface area contributed by atoms with Crippen LogP contribution in [0.4, 0.5) is 0 Å². The average molecular weight is 299 g/mol. The van der Waals surface area contributed by atoms with Gasteiger partial charge in [0.25, 0.3) is 0 Å². The Balaban J connectivity index is 2.33. The Morgan fingerprint density at radius 3 is 2.75 bits per heavy atom. The van der Waals surface area contributed by atoms with Gasteiger partial charge >= 0.3 is 0 Å². The number of aliphatic hydroxyl groups excluding tert-OH is 1.